The number of allylic oxidation sites excluding steroid dienone is 2. The van der Waals surface area contributed by atoms with E-state index in [2.05, 4.69) is 0 Å². The van der Waals surface area contributed by atoms with E-state index in [1.54, 1.807) is 0 Å². The van der Waals surface area contributed by atoms with Crippen LogP contribution in [0.5, 0.6) is 5.75 Å². The number of rotatable bonds is 7. The summed E-state index contributed by atoms with van der Waals surface area (Å²) in [5.41, 5.74) is -0.355. The molecule has 16 heteroatoms. The lowest BCUT2D eigenvalue weighted by molar-refractivity contribution is -0.384. The van der Waals surface area contributed by atoms with Crippen molar-refractivity contribution < 1.29 is 28.8 Å². The molecule has 2 aromatic carbocycles. The summed E-state index contributed by atoms with van der Waals surface area (Å²) >= 11 is 39.3. The first kappa shape index (κ1) is 29.9. The lowest BCUT2D eigenvalue weighted by Gasteiger charge is -2.36. The van der Waals surface area contributed by atoms with Crippen LogP contribution in [0.15, 0.2) is 58.6 Å². The molecule has 0 aromatic heterocycles. The number of benzene rings is 2. The SMILES string of the molecule is COc1ccc(C(=O)CN(C(=O)c2ccc([N+](=O)[O-])cc2)N2C(=O)[C@@H]3[C@H](C2=O)[C@@]2(Cl)C(Cl)=C(Cl)[C@@]3(Cl)C2(Cl)Cl)cc1. The number of nitro groups is 1. The van der Waals surface area contributed by atoms with Crippen molar-refractivity contribution in [3.8, 4) is 5.75 Å². The molecule has 3 amide bonds. The minimum atomic E-state index is -2.20. The van der Waals surface area contributed by atoms with Gasteiger partial charge < -0.3 is 4.74 Å². The Morgan fingerprint density at radius 1 is 0.902 bits per heavy atom. The molecule has 0 spiro atoms. The normalized spacial score (nSPS) is 27.7. The van der Waals surface area contributed by atoms with Crippen LogP contribution >= 0.6 is 69.6 Å². The van der Waals surface area contributed by atoms with Crippen LogP contribution in [0.3, 0.4) is 0 Å². The van der Waals surface area contributed by atoms with E-state index < -0.39 is 60.9 Å². The topological polar surface area (TPSA) is 127 Å². The van der Waals surface area contributed by atoms with Gasteiger partial charge in [0.15, 0.2) is 10.1 Å². The molecule has 5 rings (SSSR count). The second-order valence-corrected chi connectivity index (χ2v) is 12.7. The van der Waals surface area contributed by atoms with Crippen molar-refractivity contribution in [2.45, 2.75) is 14.1 Å². The summed E-state index contributed by atoms with van der Waals surface area (Å²) in [4.78, 5) is 61.0. The van der Waals surface area contributed by atoms with Crippen molar-refractivity contribution in [3.05, 3.63) is 79.8 Å². The van der Waals surface area contributed by atoms with Gasteiger partial charge in [0.2, 0.25) is 0 Å². The number of imide groups is 1. The number of nitro benzene ring substituents is 1. The quantitative estimate of drug-likeness (QED) is 0.128. The summed E-state index contributed by atoms with van der Waals surface area (Å²) in [5, 5.41) is 11.5. The summed E-state index contributed by atoms with van der Waals surface area (Å²) in [6, 6.07) is 10.2. The van der Waals surface area contributed by atoms with Crippen molar-refractivity contribution in [1.29, 1.82) is 0 Å². The zero-order chi connectivity index (χ0) is 30.2. The van der Waals surface area contributed by atoms with E-state index in [1.807, 2.05) is 0 Å². The maximum absolute atomic E-state index is 13.9. The Hall–Kier alpha value is -2.60. The fourth-order valence-corrected chi connectivity index (χ4v) is 8.26. The molecule has 0 N–H and O–H groups in total. The summed E-state index contributed by atoms with van der Waals surface area (Å²) < 4.78 is 2.89. The van der Waals surface area contributed by atoms with Gasteiger partial charge in [-0.25, -0.2) is 5.01 Å². The highest BCUT2D eigenvalue weighted by Crippen LogP contribution is 2.77. The van der Waals surface area contributed by atoms with Crippen molar-refractivity contribution in [1.82, 2.24) is 10.0 Å². The van der Waals surface area contributed by atoms with E-state index in [0.29, 0.717) is 15.8 Å². The van der Waals surface area contributed by atoms with Crippen LogP contribution in [0, 0.1) is 22.0 Å². The molecule has 2 fully saturated rings. The molecule has 1 saturated carbocycles. The highest BCUT2D eigenvalue weighted by molar-refractivity contribution is 6.66. The highest BCUT2D eigenvalue weighted by atomic mass is 35.5. The first-order chi connectivity index (χ1) is 19.1. The Balaban J connectivity index is 1.58. The molecule has 4 atom stereocenters. The molecule has 2 aliphatic carbocycles. The zero-order valence-electron chi connectivity index (χ0n) is 20.4. The van der Waals surface area contributed by atoms with Crippen LogP contribution in [-0.4, -0.2) is 66.2 Å². The van der Waals surface area contributed by atoms with Gasteiger partial charge in [0.25, 0.3) is 23.4 Å². The molecule has 41 heavy (non-hydrogen) atoms. The fourth-order valence-electron chi connectivity index (χ4n) is 5.33. The third-order valence-electron chi connectivity index (χ3n) is 7.39. The average Bonchev–Trinajstić information content (AvgIpc) is 3.34. The number of carbonyl (C=O) groups excluding carboxylic acids is 4. The van der Waals surface area contributed by atoms with Gasteiger partial charge in [0.1, 0.15) is 22.0 Å². The molecule has 1 saturated heterocycles. The molecule has 214 valence electrons. The third-order valence-corrected chi connectivity index (χ3v) is 11.7. The van der Waals surface area contributed by atoms with Gasteiger partial charge in [-0.15, -0.1) is 23.2 Å². The molecule has 0 radical (unpaired) electrons. The number of Topliss-reactive ketones (excluding diaryl/α,β-unsaturated/α-hetero) is 1. The van der Waals surface area contributed by atoms with Crippen molar-refractivity contribution >= 4 is 98.8 Å². The van der Waals surface area contributed by atoms with Crippen LogP contribution < -0.4 is 4.74 Å². The van der Waals surface area contributed by atoms with Gasteiger partial charge in [-0.05, 0) is 36.4 Å². The number of amides is 3. The van der Waals surface area contributed by atoms with Crippen molar-refractivity contribution in [2.24, 2.45) is 11.8 Å². The van der Waals surface area contributed by atoms with Crippen LogP contribution in [0.4, 0.5) is 5.69 Å². The third kappa shape index (κ3) is 3.92. The molecule has 3 aliphatic rings. The van der Waals surface area contributed by atoms with Gasteiger partial charge in [-0.2, -0.15) is 5.01 Å². The van der Waals surface area contributed by atoms with Gasteiger partial charge in [-0.1, -0.05) is 46.4 Å². The number of hydrazine groups is 1. The number of non-ortho nitro benzene ring substituents is 1. The predicted molar refractivity (Wildman–Crippen MR) is 151 cm³/mol. The Kier molecular flexibility index (Phi) is 7.29. The number of ketones is 1. The second-order valence-electron chi connectivity index (χ2n) is 9.39. The fraction of sp³-hybridized carbons (Fsp3) is 0.280. The molecule has 10 nitrogen and oxygen atoms in total. The minimum absolute atomic E-state index is 0.127. The minimum Gasteiger partial charge on any atom is -0.497 e. The predicted octanol–water partition coefficient (Wildman–Crippen LogP) is 5.29. The number of alkyl halides is 4. The molecule has 2 aromatic rings. The Labute approximate surface area is 261 Å². The standard InChI is InChI=1S/C25H15Cl6N3O7/c1-41-14-8-4-11(5-9-14)15(35)10-32(20(36)12-2-6-13(7-3-12)34(39)40)33-21(37)16-17(22(33)38)24(29)19(27)18(26)23(16,28)25(24,30)31/h2-9,16-17H,10H2,1H3/t16-,17+,23-,24-/m1/s1. The number of carbonyl (C=O) groups is 4. The molecule has 2 bridgehead atoms. The Bertz CT molecular complexity index is 1520. The van der Waals surface area contributed by atoms with E-state index in [0.717, 1.165) is 24.3 Å². The number of hydrogen-bond acceptors (Lipinski definition) is 7. The Morgan fingerprint density at radius 3 is 1.80 bits per heavy atom. The van der Waals surface area contributed by atoms with Gasteiger partial charge in [0, 0.05) is 23.3 Å². The first-order valence-electron chi connectivity index (χ1n) is 11.6. The van der Waals surface area contributed by atoms with Crippen molar-refractivity contribution in [3.63, 3.8) is 0 Å². The van der Waals surface area contributed by atoms with Crippen LogP contribution in [0.2, 0.25) is 0 Å². The van der Waals surface area contributed by atoms with E-state index >= 15 is 0 Å². The largest absolute Gasteiger partial charge is 0.497 e. The zero-order valence-corrected chi connectivity index (χ0v) is 25.0. The maximum atomic E-state index is 13.9. The van der Waals surface area contributed by atoms with Crippen LogP contribution in [-0.2, 0) is 9.59 Å². The van der Waals surface area contributed by atoms with E-state index in [4.69, 9.17) is 74.3 Å². The summed E-state index contributed by atoms with van der Waals surface area (Å²) in [6.45, 7) is -0.800. The molecular formula is C25H15Cl6N3O7. The van der Waals surface area contributed by atoms with E-state index in [1.165, 1.54) is 31.4 Å². The van der Waals surface area contributed by atoms with Gasteiger partial charge in [-0.3, -0.25) is 29.3 Å². The number of fused-ring (bicyclic) bond motifs is 5. The van der Waals surface area contributed by atoms with E-state index in [9.17, 15) is 29.3 Å². The number of hydrogen-bond donors (Lipinski definition) is 0. The first-order valence-corrected chi connectivity index (χ1v) is 13.8. The summed E-state index contributed by atoms with van der Waals surface area (Å²) in [6.07, 6.45) is 0. The number of ether oxygens (including phenoxy) is 1. The van der Waals surface area contributed by atoms with Crippen molar-refractivity contribution in [2.75, 3.05) is 13.7 Å². The van der Waals surface area contributed by atoms with Gasteiger partial charge in [0.05, 0.1) is 33.9 Å². The lowest BCUT2D eigenvalue weighted by atomic mass is 9.84. The Morgan fingerprint density at radius 2 is 1.37 bits per heavy atom. The lowest BCUT2D eigenvalue weighted by Crippen LogP contribution is -2.56. The average molecular weight is 682 g/mol. The van der Waals surface area contributed by atoms with Gasteiger partial charge >= 0.3 is 0 Å². The van der Waals surface area contributed by atoms with Crippen LogP contribution in [0.1, 0.15) is 20.7 Å². The number of nitrogens with zero attached hydrogens (tertiary/aromatic N) is 3. The van der Waals surface area contributed by atoms with E-state index in [-0.39, 0.29) is 26.9 Å². The van der Waals surface area contributed by atoms with Crippen LogP contribution in [0.25, 0.3) is 0 Å². The number of halogens is 6. The maximum Gasteiger partial charge on any atom is 0.273 e. The molecule has 1 aliphatic heterocycles. The smallest absolute Gasteiger partial charge is 0.273 e. The summed E-state index contributed by atoms with van der Waals surface area (Å²) in [7, 11) is 1.44. The summed E-state index contributed by atoms with van der Waals surface area (Å²) in [5.74, 6) is -6.42. The molecule has 1 heterocycles. The monoisotopic (exact) mass is 679 g/mol. The highest BCUT2D eigenvalue weighted by Gasteiger charge is 2.88. The second kappa shape index (κ2) is 10.00. The molecule has 0 unspecified atom stereocenters. The number of methoxy groups -OCH3 is 1. The molecular weight excluding hydrogens is 667 g/mol.